The van der Waals surface area contributed by atoms with E-state index in [1.807, 2.05) is 31.2 Å². The summed E-state index contributed by atoms with van der Waals surface area (Å²) in [6, 6.07) is 14.1. The third kappa shape index (κ3) is 2.90. The molecule has 2 amide bonds. The summed E-state index contributed by atoms with van der Waals surface area (Å²) in [7, 11) is 1.58. The zero-order chi connectivity index (χ0) is 16.4. The zero-order valence-corrected chi connectivity index (χ0v) is 13.1. The molecule has 1 aliphatic heterocycles. The van der Waals surface area contributed by atoms with Crippen molar-refractivity contribution >= 4 is 23.2 Å². The summed E-state index contributed by atoms with van der Waals surface area (Å²) < 4.78 is 5.31. The second-order valence-electron chi connectivity index (χ2n) is 5.51. The van der Waals surface area contributed by atoms with Crippen molar-refractivity contribution in [3.63, 3.8) is 0 Å². The molecule has 2 aromatic carbocycles. The average Bonchev–Trinajstić information content (AvgIpc) is 2.82. The van der Waals surface area contributed by atoms with E-state index in [0.717, 1.165) is 5.56 Å². The molecule has 1 aliphatic rings. The van der Waals surface area contributed by atoms with E-state index in [4.69, 9.17) is 4.74 Å². The van der Waals surface area contributed by atoms with Gasteiger partial charge >= 0.3 is 0 Å². The van der Waals surface area contributed by atoms with Crippen molar-refractivity contribution < 1.29 is 14.3 Å². The summed E-state index contributed by atoms with van der Waals surface area (Å²) >= 11 is 0. The fourth-order valence-corrected chi connectivity index (χ4v) is 2.72. The molecule has 0 unspecified atom stereocenters. The molecule has 23 heavy (non-hydrogen) atoms. The molecular formula is C18H18N2O3. The van der Waals surface area contributed by atoms with Gasteiger partial charge in [-0.1, -0.05) is 24.3 Å². The van der Waals surface area contributed by atoms with Gasteiger partial charge in [-0.3, -0.25) is 9.59 Å². The van der Waals surface area contributed by atoms with Crippen LogP contribution < -0.4 is 15.0 Å². The van der Waals surface area contributed by atoms with Crippen molar-refractivity contribution in [2.45, 2.75) is 19.4 Å². The Bertz CT molecular complexity index is 743. The highest BCUT2D eigenvalue weighted by atomic mass is 16.5. The fraction of sp³-hybridized carbons (Fsp3) is 0.222. The van der Waals surface area contributed by atoms with Crippen molar-refractivity contribution in [2.75, 3.05) is 17.3 Å². The topological polar surface area (TPSA) is 58.6 Å². The van der Waals surface area contributed by atoms with Crippen molar-refractivity contribution in [1.82, 2.24) is 0 Å². The number of anilines is 2. The Morgan fingerprint density at radius 2 is 1.87 bits per heavy atom. The molecule has 1 N–H and O–H groups in total. The Labute approximate surface area is 134 Å². The summed E-state index contributed by atoms with van der Waals surface area (Å²) in [5.41, 5.74) is 2.36. The van der Waals surface area contributed by atoms with E-state index in [-0.39, 0.29) is 18.2 Å². The number of carbonyl (C=O) groups is 2. The van der Waals surface area contributed by atoms with Gasteiger partial charge in [-0.05, 0) is 36.8 Å². The monoisotopic (exact) mass is 310 g/mol. The number of ether oxygens (including phenoxy) is 1. The number of hydrogen-bond acceptors (Lipinski definition) is 4. The first-order valence-corrected chi connectivity index (χ1v) is 7.43. The summed E-state index contributed by atoms with van der Waals surface area (Å²) in [6.07, 6.45) is 0.130. The van der Waals surface area contributed by atoms with Crippen LogP contribution in [0.2, 0.25) is 0 Å². The van der Waals surface area contributed by atoms with E-state index < -0.39 is 6.04 Å². The van der Waals surface area contributed by atoms with Crippen molar-refractivity contribution in [3.05, 3.63) is 54.1 Å². The van der Waals surface area contributed by atoms with Gasteiger partial charge in [-0.2, -0.15) is 0 Å². The number of imide groups is 1. The average molecular weight is 310 g/mol. The van der Waals surface area contributed by atoms with Crippen LogP contribution in [0.3, 0.4) is 0 Å². The van der Waals surface area contributed by atoms with Crippen LogP contribution in [0.1, 0.15) is 12.0 Å². The van der Waals surface area contributed by atoms with Crippen molar-refractivity contribution in [1.29, 1.82) is 0 Å². The first kappa shape index (κ1) is 15.1. The highest BCUT2D eigenvalue weighted by molar-refractivity contribution is 6.23. The van der Waals surface area contributed by atoms with Gasteiger partial charge in [-0.15, -0.1) is 0 Å². The molecule has 1 fully saturated rings. The van der Waals surface area contributed by atoms with E-state index in [9.17, 15) is 9.59 Å². The van der Waals surface area contributed by atoms with Crippen LogP contribution in [0.4, 0.5) is 11.4 Å². The molecule has 1 heterocycles. The molecule has 0 bridgehead atoms. The fourth-order valence-electron chi connectivity index (χ4n) is 2.72. The van der Waals surface area contributed by atoms with Gasteiger partial charge in [0.15, 0.2) is 0 Å². The molecule has 2 aromatic rings. The molecule has 0 aliphatic carbocycles. The van der Waals surface area contributed by atoms with Gasteiger partial charge < -0.3 is 10.1 Å². The Kier molecular flexibility index (Phi) is 4.02. The van der Waals surface area contributed by atoms with Gasteiger partial charge in [0, 0.05) is 0 Å². The molecule has 0 spiro atoms. The number of nitrogens with one attached hydrogen (secondary N) is 1. The van der Waals surface area contributed by atoms with Crippen molar-refractivity contribution in [3.8, 4) is 5.75 Å². The second kappa shape index (κ2) is 6.12. The van der Waals surface area contributed by atoms with Gasteiger partial charge in [0.05, 0.1) is 24.9 Å². The van der Waals surface area contributed by atoms with E-state index in [0.29, 0.717) is 17.1 Å². The minimum absolute atomic E-state index is 0.130. The lowest BCUT2D eigenvalue weighted by molar-refractivity contribution is -0.121. The van der Waals surface area contributed by atoms with Crippen LogP contribution in [-0.4, -0.2) is 25.0 Å². The number of nitrogens with zero attached hydrogens (tertiary/aromatic N) is 1. The van der Waals surface area contributed by atoms with Gasteiger partial charge in [0.2, 0.25) is 5.91 Å². The highest BCUT2D eigenvalue weighted by Gasteiger charge is 2.39. The molecule has 118 valence electrons. The van der Waals surface area contributed by atoms with Crippen LogP contribution in [0.5, 0.6) is 5.75 Å². The number of aryl methyl sites for hydroxylation is 1. The maximum atomic E-state index is 12.6. The summed E-state index contributed by atoms with van der Waals surface area (Å²) in [5.74, 6) is 0.198. The molecule has 0 saturated carbocycles. The molecule has 1 saturated heterocycles. The molecule has 5 nitrogen and oxygen atoms in total. The number of rotatable bonds is 4. The SMILES string of the molecule is COc1ccc(C)cc1N[C@H]1CC(=O)N(c2ccccc2)C1=O. The van der Waals surface area contributed by atoms with Crippen LogP contribution in [0, 0.1) is 6.92 Å². The molecule has 5 heteroatoms. The lowest BCUT2D eigenvalue weighted by Crippen LogP contribution is -2.34. The summed E-state index contributed by atoms with van der Waals surface area (Å²) in [4.78, 5) is 26.1. The lowest BCUT2D eigenvalue weighted by atomic mass is 10.1. The molecule has 0 aromatic heterocycles. The van der Waals surface area contributed by atoms with Crippen LogP contribution in [0.25, 0.3) is 0 Å². The second-order valence-corrected chi connectivity index (χ2v) is 5.51. The highest BCUT2D eigenvalue weighted by Crippen LogP contribution is 2.29. The lowest BCUT2D eigenvalue weighted by Gasteiger charge is -2.17. The van der Waals surface area contributed by atoms with E-state index >= 15 is 0 Å². The van der Waals surface area contributed by atoms with Crippen LogP contribution >= 0.6 is 0 Å². The quantitative estimate of drug-likeness (QED) is 0.882. The third-order valence-electron chi connectivity index (χ3n) is 3.85. The summed E-state index contributed by atoms with van der Waals surface area (Å²) in [6.45, 7) is 1.96. The molecule has 3 rings (SSSR count). The maximum Gasteiger partial charge on any atom is 0.256 e. The van der Waals surface area contributed by atoms with E-state index in [2.05, 4.69) is 5.32 Å². The van der Waals surface area contributed by atoms with Gasteiger partial charge in [0.1, 0.15) is 11.8 Å². The van der Waals surface area contributed by atoms with Crippen LogP contribution in [0.15, 0.2) is 48.5 Å². The predicted octanol–water partition coefficient (Wildman–Crippen LogP) is 2.75. The van der Waals surface area contributed by atoms with E-state index in [1.165, 1.54) is 4.90 Å². The smallest absolute Gasteiger partial charge is 0.256 e. The number of methoxy groups -OCH3 is 1. The number of para-hydroxylation sites is 1. The number of carbonyl (C=O) groups excluding carboxylic acids is 2. The Morgan fingerprint density at radius 1 is 1.13 bits per heavy atom. The molecule has 1 atom stereocenters. The zero-order valence-electron chi connectivity index (χ0n) is 13.1. The minimum Gasteiger partial charge on any atom is -0.495 e. The van der Waals surface area contributed by atoms with Crippen LogP contribution in [-0.2, 0) is 9.59 Å². The van der Waals surface area contributed by atoms with Gasteiger partial charge in [0.25, 0.3) is 5.91 Å². The van der Waals surface area contributed by atoms with E-state index in [1.54, 1.807) is 31.4 Å². The third-order valence-corrected chi connectivity index (χ3v) is 3.85. The first-order chi connectivity index (χ1) is 11.1. The number of hydrogen-bond donors (Lipinski definition) is 1. The Balaban J connectivity index is 1.85. The largest absolute Gasteiger partial charge is 0.495 e. The Hall–Kier alpha value is -2.82. The standard InChI is InChI=1S/C18H18N2O3/c1-12-8-9-16(23-2)14(10-12)19-15-11-17(21)20(18(15)22)13-6-4-3-5-7-13/h3-10,15,19H,11H2,1-2H3/t15-/m0/s1. The Morgan fingerprint density at radius 3 is 2.57 bits per heavy atom. The first-order valence-electron chi connectivity index (χ1n) is 7.43. The van der Waals surface area contributed by atoms with Gasteiger partial charge in [-0.25, -0.2) is 4.90 Å². The normalized spacial score (nSPS) is 17.5. The summed E-state index contributed by atoms with van der Waals surface area (Å²) in [5, 5.41) is 3.14. The van der Waals surface area contributed by atoms with Crippen molar-refractivity contribution in [2.24, 2.45) is 0 Å². The molecular weight excluding hydrogens is 292 g/mol. The predicted molar refractivity (Wildman–Crippen MR) is 88.7 cm³/mol. The number of amides is 2. The minimum atomic E-state index is -0.585. The maximum absolute atomic E-state index is 12.6. The number of benzene rings is 2. The molecule has 0 radical (unpaired) electrons.